The van der Waals surface area contributed by atoms with E-state index in [9.17, 15) is 9.59 Å². The number of amides is 1. The zero-order valence-electron chi connectivity index (χ0n) is 17.2. The molecule has 1 unspecified atom stereocenters. The number of aromatic carboxylic acids is 1. The summed E-state index contributed by atoms with van der Waals surface area (Å²) in [4.78, 5) is 29.4. The highest BCUT2D eigenvalue weighted by atomic mass is 32.2. The monoisotopic (exact) mass is 437 g/mol. The molecule has 6 nitrogen and oxygen atoms in total. The molecule has 0 radical (unpaired) electrons. The standard InChI is InChI=1S/C21H31N3O3S2/c1-21(2)14-4-3-13(16(21)9-14)10-22-11-15-5-6-18(25)24(15)7-8-28-20-23-17(12-29-20)19(26)27/h12-16,22H,3-11H2,1-2H3,(H,26,27)/t13-,14-,15+,16?/m0/s1. The smallest absolute Gasteiger partial charge is 0.355 e. The van der Waals surface area contributed by atoms with Crippen molar-refractivity contribution in [2.24, 2.45) is 23.2 Å². The molecular formula is C21H31N3O3S2. The Labute approximate surface area is 180 Å². The van der Waals surface area contributed by atoms with Gasteiger partial charge in [-0.1, -0.05) is 25.6 Å². The Bertz CT molecular complexity index is 764. The molecular weight excluding hydrogens is 406 g/mol. The predicted octanol–water partition coefficient (Wildman–Crippen LogP) is 3.59. The normalized spacial score (nSPS) is 30.4. The minimum Gasteiger partial charge on any atom is -0.476 e. The van der Waals surface area contributed by atoms with Crippen molar-refractivity contribution in [2.75, 3.05) is 25.4 Å². The van der Waals surface area contributed by atoms with E-state index >= 15 is 0 Å². The molecule has 0 spiro atoms. The summed E-state index contributed by atoms with van der Waals surface area (Å²) < 4.78 is 0.752. The summed E-state index contributed by atoms with van der Waals surface area (Å²) in [7, 11) is 0. The minimum atomic E-state index is -0.993. The van der Waals surface area contributed by atoms with E-state index in [2.05, 4.69) is 24.1 Å². The first kappa shape index (κ1) is 21.1. The van der Waals surface area contributed by atoms with E-state index < -0.39 is 5.97 Å². The van der Waals surface area contributed by atoms with Gasteiger partial charge in [0.25, 0.3) is 0 Å². The molecule has 1 aliphatic heterocycles. The van der Waals surface area contributed by atoms with Gasteiger partial charge in [0.1, 0.15) is 0 Å². The second-order valence-electron chi connectivity index (χ2n) is 9.29. The highest BCUT2D eigenvalue weighted by Gasteiger charge is 2.53. The van der Waals surface area contributed by atoms with Crippen LogP contribution in [0.15, 0.2) is 9.72 Å². The van der Waals surface area contributed by atoms with Gasteiger partial charge in [0.05, 0.1) is 0 Å². The molecule has 4 atom stereocenters. The molecule has 1 aromatic heterocycles. The summed E-state index contributed by atoms with van der Waals surface area (Å²) in [5.74, 6) is 2.57. The van der Waals surface area contributed by atoms with Crippen LogP contribution in [0, 0.1) is 23.2 Å². The molecule has 0 aromatic carbocycles. The van der Waals surface area contributed by atoms with Crippen LogP contribution in [0.5, 0.6) is 0 Å². The lowest BCUT2D eigenvalue weighted by Gasteiger charge is -2.60. The quantitative estimate of drug-likeness (QED) is 0.575. The summed E-state index contributed by atoms with van der Waals surface area (Å²) in [6, 6.07) is 0.278. The maximum atomic E-state index is 12.3. The Morgan fingerprint density at radius 2 is 2.21 bits per heavy atom. The fraction of sp³-hybridized carbons (Fsp3) is 0.762. The number of likely N-dealkylation sites (tertiary alicyclic amines) is 1. The van der Waals surface area contributed by atoms with Gasteiger partial charge in [-0.3, -0.25) is 4.79 Å². The van der Waals surface area contributed by atoms with Gasteiger partial charge in [-0.25, -0.2) is 9.78 Å². The Kier molecular flexibility index (Phi) is 6.23. The Balaban J connectivity index is 1.21. The van der Waals surface area contributed by atoms with Crippen molar-refractivity contribution in [3.8, 4) is 0 Å². The molecule has 29 heavy (non-hydrogen) atoms. The van der Waals surface area contributed by atoms with Crippen LogP contribution in [0.2, 0.25) is 0 Å². The molecule has 2 heterocycles. The van der Waals surface area contributed by atoms with Crippen LogP contribution in [0.3, 0.4) is 0 Å². The van der Waals surface area contributed by atoms with Crippen LogP contribution in [0.4, 0.5) is 0 Å². The summed E-state index contributed by atoms with van der Waals surface area (Å²) in [6.07, 6.45) is 5.70. The molecule has 8 heteroatoms. The SMILES string of the molecule is CC1(C)C2C[C@@H]1CC[C@H]2CNC[C@H]1CCC(=O)N1CCSc1nc(C(=O)O)cs1. The van der Waals surface area contributed by atoms with E-state index in [0.717, 1.165) is 47.4 Å². The van der Waals surface area contributed by atoms with Crippen LogP contribution < -0.4 is 5.32 Å². The molecule has 160 valence electrons. The molecule has 1 amide bonds. The van der Waals surface area contributed by atoms with E-state index in [1.807, 2.05) is 4.90 Å². The van der Waals surface area contributed by atoms with Gasteiger partial charge in [-0.15, -0.1) is 11.3 Å². The summed E-state index contributed by atoms with van der Waals surface area (Å²) in [6.45, 7) is 7.53. The number of thiazole rings is 1. The third kappa shape index (κ3) is 4.35. The van der Waals surface area contributed by atoms with Crippen molar-refractivity contribution < 1.29 is 14.7 Å². The molecule has 2 bridgehead atoms. The topological polar surface area (TPSA) is 82.5 Å². The Morgan fingerprint density at radius 3 is 2.90 bits per heavy atom. The molecule has 1 aromatic rings. The lowest BCUT2D eigenvalue weighted by molar-refractivity contribution is -0.128. The summed E-state index contributed by atoms with van der Waals surface area (Å²) >= 11 is 2.88. The zero-order chi connectivity index (χ0) is 20.6. The third-order valence-corrected chi connectivity index (χ3v) is 9.50. The zero-order valence-corrected chi connectivity index (χ0v) is 18.9. The number of aromatic nitrogens is 1. The number of nitrogens with one attached hydrogen (secondary N) is 1. The van der Waals surface area contributed by atoms with Crippen molar-refractivity contribution >= 4 is 35.0 Å². The highest BCUT2D eigenvalue weighted by Crippen LogP contribution is 2.61. The van der Waals surface area contributed by atoms with Crippen LogP contribution in [-0.4, -0.2) is 58.3 Å². The molecule has 3 aliphatic carbocycles. The lowest BCUT2D eigenvalue weighted by atomic mass is 9.45. The van der Waals surface area contributed by atoms with Crippen LogP contribution in [0.1, 0.15) is 56.4 Å². The van der Waals surface area contributed by atoms with Gasteiger partial charge in [0, 0.05) is 36.7 Å². The number of carboxylic acid groups (broad SMARTS) is 1. The number of nitrogens with zero attached hydrogens (tertiary/aromatic N) is 2. The number of hydrogen-bond acceptors (Lipinski definition) is 6. The maximum absolute atomic E-state index is 12.3. The maximum Gasteiger partial charge on any atom is 0.355 e. The van der Waals surface area contributed by atoms with Gasteiger partial charge >= 0.3 is 5.97 Å². The van der Waals surface area contributed by atoms with Gasteiger partial charge in [-0.2, -0.15) is 0 Å². The molecule has 4 fully saturated rings. The summed E-state index contributed by atoms with van der Waals surface area (Å²) in [5.41, 5.74) is 0.619. The summed E-state index contributed by atoms with van der Waals surface area (Å²) in [5, 5.41) is 14.2. The van der Waals surface area contributed by atoms with Crippen molar-refractivity contribution in [3.63, 3.8) is 0 Å². The second kappa shape index (κ2) is 8.55. The van der Waals surface area contributed by atoms with Crippen molar-refractivity contribution in [2.45, 2.75) is 56.3 Å². The first-order valence-electron chi connectivity index (χ1n) is 10.7. The number of carbonyl (C=O) groups excluding carboxylic acids is 1. The fourth-order valence-electron chi connectivity index (χ4n) is 5.61. The highest BCUT2D eigenvalue weighted by molar-refractivity contribution is 8.01. The van der Waals surface area contributed by atoms with E-state index in [4.69, 9.17) is 5.11 Å². The van der Waals surface area contributed by atoms with E-state index in [-0.39, 0.29) is 17.6 Å². The minimum absolute atomic E-state index is 0.0977. The van der Waals surface area contributed by atoms with E-state index in [0.29, 0.717) is 18.4 Å². The number of hydrogen-bond donors (Lipinski definition) is 2. The van der Waals surface area contributed by atoms with Gasteiger partial charge in [0.2, 0.25) is 5.91 Å². The first-order chi connectivity index (χ1) is 13.9. The fourth-order valence-corrected chi connectivity index (χ4v) is 7.42. The number of carbonyl (C=O) groups is 2. The van der Waals surface area contributed by atoms with Gasteiger partial charge < -0.3 is 15.3 Å². The van der Waals surface area contributed by atoms with Crippen molar-refractivity contribution in [1.29, 1.82) is 0 Å². The average Bonchev–Trinajstić information content (AvgIpc) is 3.30. The molecule has 3 saturated carbocycles. The number of carboxylic acids is 1. The molecule has 4 aliphatic rings. The lowest BCUT2D eigenvalue weighted by Crippen LogP contribution is -2.54. The Hall–Kier alpha value is -1.12. The molecule has 2 N–H and O–H groups in total. The predicted molar refractivity (Wildman–Crippen MR) is 116 cm³/mol. The van der Waals surface area contributed by atoms with E-state index in [1.165, 1.54) is 42.4 Å². The average molecular weight is 438 g/mol. The van der Waals surface area contributed by atoms with E-state index in [1.54, 1.807) is 5.38 Å². The molecule has 5 rings (SSSR count). The largest absolute Gasteiger partial charge is 0.476 e. The third-order valence-electron chi connectivity index (χ3n) is 7.50. The van der Waals surface area contributed by atoms with Gasteiger partial charge in [-0.05, 0) is 55.4 Å². The van der Waals surface area contributed by atoms with Crippen molar-refractivity contribution in [3.05, 3.63) is 11.1 Å². The van der Waals surface area contributed by atoms with Crippen molar-refractivity contribution in [1.82, 2.24) is 15.2 Å². The Morgan fingerprint density at radius 1 is 1.38 bits per heavy atom. The van der Waals surface area contributed by atoms with Crippen LogP contribution in [0.25, 0.3) is 0 Å². The van der Waals surface area contributed by atoms with Crippen LogP contribution in [-0.2, 0) is 4.79 Å². The number of fused-ring (bicyclic) bond motifs is 2. The number of rotatable bonds is 9. The molecule has 1 saturated heterocycles. The number of thioether (sulfide) groups is 1. The second-order valence-corrected chi connectivity index (χ2v) is 11.5. The first-order valence-corrected chi connectivity index (χ1v) is 12.5. The van der Waals surface area contributed by atoms with Crippen LogP contribution >= 0.6 is 23.1 Å². The van der Waals surface area contributed by atoms with Gasteiger partial charge in [0.15, 0.2) is 10.0 Å².